The second-order valence-electron chi connectivity index (χ2n) is 7.89. The number of ether oxygens (including phenoxy) is 1. The van der Waals surface area contributed by atoms with Gasteiger partial charge in [0.2, 0.25) is 21.8 Å². The van der Waals surface area contributed by atoms with Gasteiger partial charge in [0.05, 0.1) is 0 Å². The van der Waals surface area contributed by atoms with Gasteiger partial charge in [0, 0.05) is 29.8 Å². The summed E-state index contributed by atoms with van der Waals surface area (Å²) in [6.07, 6.45) is 1.21. The molecule has 0 radical (unpaired) electrons. The number of hydrogen-bond donors (Lipinski definition) is 3. The third-order valence-electron chi connectivity index (χ3n) is 5.37. The van der Waals surface area contributed by atoms with E-state index in [9.17, 15) is 23.1 Å². The number of nitrogens with zero attached hydrogens (tertiary/aromatic N) is 2. The summed E-state index contributed by atoms with van der Waals surface area (Å²) in [5.41, 5.74) is 0.410. The molecule has 2 atom stereocenters. The molecule has 182 valence electrons. The lowest BCUT2D eigenvalue weighted by molar-refractivity contribution is -0.119. The fourth-order valence-corrected chi connectivity index (χ4v) is 4.41. The van der Waals surface area contributed by atoms with Crippen molar-refractivity contribution in [1.82, 2.24) is 14.5 Å². The lowest BCUT2D eigenvalue weighted by atomic mass is 10.1. The molecule has 0 aliphatic carbocycles. The number of carbonyl (C=O) groups is 2. The van der Waals surface area contributed by atoms with Crippen LogP contribution in [0.2, 0.25) is 0 Å². The van der Waals surface area contributed by atoms with Crippen molar-refractivity contribution in [3.05, 3.63) is 29.5 Å². The van der Waals surface area contributed by atoms with Crippen molar-refractivity contribution in [3.8, 4) is 11.6 Å². The zero-order chi connectivity index (χ0) is 24.9. The van der Waals surface area contributed by atoms with Gasteiger partial charge in [-0.1, -0.05) is 20.8 Å². The number of hydrogen-bond acceptors (Lipinski definition) is 6. The molecule has 33 heavy (non-hydrogen) atoms. The normalized spacial score (nSPS) is 13.4. The molecule has 1 aromatic carbocycles. The van der Waals surface area contributed by atoms with Crippen LogP contribution in [0.3, 0.4) is 0 Å². The minimum Gasteiger partial charge on any atom is -0.476 e. The van der Waals surface area contributed by atoms with Crippen molar-refractivity contribution in [3.63, 3.8) is 0 Å². The fourth-order valence-electron chi connectivity index (χ4n) is 2.93. The zero-order valence-corrected chi connectivity index (χ0v) is 20.6. The number of carbonyl (C=O) groups excluding carboxylic acids is 1. The molecular weight excluding hydrogens is 448 g/mol. The van der Waals surface area contributed by atoms with Gasteiger partial charge in [-0.3, -0.25) is 4.79 Å². The van der Waals surface area contributed by atoms with Gasteiger partial charge >= 0.3 is 5.97 Å². The monoisotopic (exact) mass is 480 g/mol. The van der Waals surface area contributed by atoms with Crippen molar-refractivity contribution >= 4 is 27.6 Å². The van der Waals surface area contributed by atoms with Gasteiger partial charge in [0.25, 0.3) is 0 Å². The standard InChI is InChI=1S/C22H32N4O6S/c1-7-13(4)20(27)23-16-10-11-17(18(12-16)33(30,31)25-14(5)8-2)32-21-15(6)19(22(28)29)24-26(21)9-3/h10-14,25H,7-9H2,1-6H3,(H,23,27)(H,28,29)/t13-,14+/m0/s1. The molecule has 0 unspecified atom stereocenters. The molecule has 0 saturated heterocycles. The van der Waals surface area contributed by atoms with Crippen LogP contribution in [-0.4, -0.2) is 41.2 Å². The van der Waals surface area contributed by atoms with Crippen LogP contribution < -0.4 is 14.8 Å². The van der Waals surface area contributed by atoms with Crippen molar-refractivity contribution in [2.45, 2.75) is 71.9 Å². The molecule has 3 N–H and O–H groups in total. The number of amides is 1. The Morgan fingerprint density at radius 2 is 1.85 bits per heavy atom. The summed E-state index contributed by atoms with van der Waals surface area (Å²) in [4.78, 5) is 23.6. The van der Waals surface area contributed by atoms with E-state index in [1.165, 1.54) is 22.9 Å². The fraction of sp³-hybridized carbons (Fsp3) is 0.500. The summed E-state index contributed by atoms with van der Waals surface area (Å²) in [5.74, 6) is -1.56. The largest absolute Gasteiger partial charge is 0.476 e. The van der Waals surface area contributed by atoms with Gasteiger partial charge in [-0.25, -0.2) is 22.6 Å². The Morgan fingerprint density at radius 3 is 2.39 bits per heavy atom. The molecule has 2 aromatic rings. The summed E-state index contributed by atoms with van der Waals surface area (Å²) >= 11 is 0. The lowest BCUT2D eigenvalue weighted by Crippen LogP contribution is -2.32. The molecule has 2 rings (SSSR count). The van der Waals surface area contributed by atoms with Crippen molar-refractivity contribution in [2.24, 2.45) is 5.92 Å². The number of rotatable bonds is 11. The van der Waals surface area contributed by atoms with Crippen LogP contribution in [-0.2, 0) is 21.4 Å². The highest BCUT2D eigenvalue weighted by atomic mass is 32.2. The number of anilines is 1. The number of aryl methyl sites for hydroxylation is 1. The Hall–Kier alpha value is -2.92. The molecule has 0 aliphatic rings. The van der Waals surface area contributed by atoms with Crippen molar-refractivity contribution < 1.29 is 27.9 Å². The average molecular weight is 481 g/mol. The Labute approximate surface area is 194 Å². The van der Waals surface area contributed by atoms with E-state index in [2.05, 4.69) is 15.1 Å². The molecular formula is C22H32N4O6S. The topological polar surface area (TPSA) is 140 Å². The maximum absolute atomic E-state index is 13.2. The van der Waals surface area contributed by atoms with Gasteiger partial charge in [0.15, 0.2) is 5.69 Å². The SMILES string of the molecule is CC[C@@H](C)NS(=O)(=O)c1cc(NC(=O)[C@@H](C)CC)ccc1Oc1c(C)c(C(=O)O)nn1CC. The van der Waals surface area contributed by atoms with Gasteiger partial charge in [0.1, 0.15) is 10.6 Å². The summed E-state index contributed by atoms with van der Waals surface area (Å²) in [5, 5.41) is 16.2. The second-order valence-corrected chi connectivity index (χ2v) is 9.57. The quantitative estimate of drug-likeness (QED) is 0.445. The molecule has 10 nitrogen and oxygen atoms in total. The number of nitrogens with one attached hydrogen (secondary N) is 2. The molecule has 1 amide bonds. The van der Waals surface area contributed by atoms with E-state index in [0.717, 1.165) is 0 Å². The highest BCUT2D eigenvalue weighted by molar-refractivity contribution is 7.89. The van der Waals surface area contributed by atoms with Gasteiger partial charge < -0.3 is 15.2 Å². The first-order valence-corrected chi connectivity index (χ1v) is 12.4. The van der Waals surface area contributed by atoms with E-state index in [4.69, 9.17) is 4.74 Å². The molecule has 0 bridgehead atoms. The number of sulfonamides is 1. The smallest absolute Gasteiger partial charge is 0.356 e. The Morgan fingerprint density at radius 1 is 1.18 bits per heavy atom. The molecule has 0 spiro atoms. The van der Waals surface area contributed by atoms with Gasteiger partial charge in [-0.05, 0) is 51.8 Å². The van der Waals surface area contributed by atoms with E-state index in [-0.39, 0.29) is 45.6 Å². The summed E-state index contributed by atoms with van der Waals surface area (Å²) in [6.45, 7) is 10.9. The molecule has 0 aliphatic heterocycles. The third-order valence-corrected chi connectivity index (χ3v) is 6.98. The minimum atomic E-state index is -4.02. The van der Waals surface area contributed by atoms with E-state index < -0.39 is 16.0 Å². The first kappa shape index (κ1) is 26.3. The molecule has 1 heterocycles. The maximum atomic E-state index is 13.2. The van der Waals surface area contributed by atoms with Crippen molar-refractivity contribution in [2.75, 3.05) is 5.32 Å². The van der Waals surface area contributed by atoms with Crippen molar-refractivity contribution in [1.29, 1.82) is 0 Å². The van der Waals surface area contributed by atoms with Crippen LogP contribution in [0, 0.1) is 12.8 Å². The van der Waals surface area contributed by atoms with Crippen LogP contribution in [0.4, 0.5) is 5.69 Å². The maximum Gasteiger partial charge on any atom is 0.356 e. The molecule has 1 aromatic heterocycles. The zero-order valence-electron chi connectivity index (χ0n) is 19.8. The minimum absolute atomic E-state index is 0.0121. The first-order valence-electron chi connectivity index (χ1n) is 10.9. The predicted octanol–water partition coefficient (Wildman–Crippen LogP) is 3.76. The van der Waals surface area contributed by atoms with Gasteiger partial charge in [-0.2, -0.15) is 5.10 Å². The number of carboxylic acids is 1. The van der Waals surface area contributed by atoms with E-state index in [0.29, 0.717) is 25.1 Å². The third kappa shape index (κ3) is 6.11. The summed E-state index contributed by atoms with van der Waals surface area (Å²) < 4.78 is 36.2. The molecule has 0 saturated carbocycles. The highest BCUT2D eigenvalue weighted by Crippen LogP contribution is 2.34. The number of carboxylic acid groups (broad SMARTS) is 1. The Bertz CT molecular complexity index is 1130. The summed E-state index contributed by atoms with van der Waals surface area (Å²) in [7, 11) is -4.02. The van der Waals surface area contributed by atoms with Crippen LogP contribution >= 0.6 is 0 Å². The van der Waals surface area contributed by atoms with Crippen LogP contribution in [0.1, 0.15) is 63.5 Å². The molecule has 11 heteroatoms. The Balaban J connectivity index is 2.58. The second kappa shape index (κ2) is 10.8. The number of aromatic carboxylic acids is 1. The van der Waals surface area contributed by atoms with Crippen LogP contribution in [0.5, 0.6) is 11.6 Å². The first-order chi connectivity index (χ1) is 15.4. The molecule has 0 fully saturated rings. The van der Waals surface area contributed by atoms with E-state index >= 15 is 0 Å². The van der Waals surface area contributed by atoms with Crippen LogP contribution in [0.25, 0.3) is 0 Å². The number of aromatic nitrogens is 2. The van der Waals surface area contributed by atoms with Crippen LogP contribution in [0.15, 0.2) is 23.1 Å². The Kier molecular flexibility index (Phi) is 8.62. The van der Waals surface area contributed by atoms with E-state index in [1.807, 2.05) is 13.8 Å². The number of benzene rings is 1. The average Bonchev–Trinajstić information content (AvgIpc) is 3.09. The van der Waals surface area contributed by atoms with Gasteiger partial charge in [-0.15, -0.1) is 0 Å². The lowest BCUT2D eigenvalue weighted by Gasteiger charge is -2.18. The predicted molar refractivity (Wildman–Crippen MR) is 124 cm³/mol. The van der Waals surface area contributed by atoms with E-state index in [1.54, 1.807) is 27.7 Å². The highest BCUT2D eigenvalue weighted by Gasteiger charge is 2.26. The summed E-state index contributed by atoms with van der Waals surface area (Å²) in [6, 6.07) is 3.98.